The first kappa shape index (κ1) is 17.0. The zero-order valence-electron chi connectivity index (χ0n) is 12.6. The number of carbonyl (C=O) groups is 2. The summed E-state index contributed by atoms with van der Waals surface area (Å²) in [4.78, 5) is 22.7. The van der Waals surface area contributed by atoms with Crippen LogP contribution < -0.4 is 5.32 Å². The van der Waals surface area contributed by atoms with Crippen molar-refractivity contribution in [3.05, 3.63) is 41.5 Å². The molecule has 0 aliphatic heterocycles. The van der Waals surface area contributed by atoms with Crippen LogP contribution in [0.15, 0.2) is 30.3 Å². The Balaban J connectivity index is 2.48. The Hall–Kier alpha value is -2.10. The van der Waals surface area contributed by atoms with Crippen LogP contribution in [0.1, 0.15) is 37.8 Å². The van der Waals surface area contributed by atoms with E-state index in [1.807, 2.05) is 31.2 Å². The van der Waals surface area contributed by atoms with E-state index in [2.05, 4.69) is 12.2 Å². The summed E-state index contributed by atoms with van der Waals surface area (Å²) in [5.74, 6) is -1.65. The van der Waals surface area contributed by atoms with Gasteiger partial charge in [0, 0.05) is 12.6 Å². The van der Waals surface area contributed by atoms with Gasteiger partial charge in [-0.05, 0) is 30.0 Å². The van der Waals surface area contributed by atoms with E-state index in [0.29, 0.717) is 6.42 Å². The van der Waals surface area contributed by atoms with Crippen LogP contribution in [0.2, 0.25) is 0 Å². The Morgan fingerprint density at radius 3 is 2.43 bits per heavy atom. The third kappa shape index (κ3) is 6.25. The fraction of sp³-hybridized carbons (Fsp3) is 0.412. The molecule has 0 fully saturated rings. The average molecular weight is 289 g/mol. The van der Waals surface area contributed by atoms with Crippen LogP contribution in [-0.4, -0.2) is 23.5 Å². The molecule has 0 saturated carbocycles. The van der Waals surface area contributed by atoms with Crippen LogP contribution in [0.5, 0.6) is 0 Å². The molecule has 0 aromatic heterocycles. The largest absolute Gasteiger partial charge is 0.481 e. The Labute approximate surface area is 125 Å². The van der Waals surface area contributed by atoms with Gasteiger partial charge in [0.25, 0.3) is 0 Å². The van der Waals surface area contributed by atoms with E-state index in [1.165, 1.54) is 11.6 Å². The van der Waals surface area contributed by atoms with Gasteiger partial charge in [-0.15, -0.1) is 0 Å². The molecule has 0 saturated heterocycles. The number of hydrogen-bond donors (Lipinski definition) is 2. The van der Waals surface area contributed by atoms with Crippen LogP contribution in [0.25, 0.3) is 6.08 Å². The van der Waals surface area contributed by atoms with Gasteiger partial charge in [0.1, 0.15) is 0 Å². The second-order valence-electron chi connectivity index (χ2n) is 5.00. The van der Waals surface area contributed by atoms with Crippen molar-refractivity contribution in [2.75, 3.05) is 6.54 Å². The molecule has 0 heterocycles. The third-order valence-electron chi connectivity index (χ3n) is 3.32. The highest BCUT2D eigenvalue weighted by molar-refractivity contribution is 5.91. The molecule has 1 amide bonds. The average Bonchev–Trinajstić information content (AvgIpc) is 2.49. The predicted octanol–water partition coefficient (Wildman–Crippen LogP) is 2.88. The minimum atomic E-state index is -0.865. The maximum Gasteiger partial charge on any atom is 0.308 e. The summed E-state index contributed by atoms with van der Waals surface area (Å²) in [5.41, 5.74) is 2.20. The molecule has 1 aromatic rings. The standard InChI is InChI=1S/C17H23NO3/c1-3-5-15(17(20)21)12-18-16(19)11-10-14-8-6-13(4-2)7-9-14/h6-11,15H,3-5,12H2,1-2H3,(H,18,19)(H,20,21). The summed E-state index contributed by atoms with van der Waals surface area (Å²) in [5, 5.41) is 11.6. The first-order valence-electron chi connectivity index (χ1n) is 7.34. The minimum Gasteiger partial charge on any atom is -0.481 e. The minimum absolute atomic E-state index is 0.168. The molecule has 1 aromatic carbocycles. The summed E-state index contributed by atoms with van der Waals surface area (Å²) in [7, 11) is 0. The number of aliphatic carboxylic acids is 1. The van der Waals surface area contributed by atoms with Gasteiger partial charge in [-0.1, -0.05) is 44.5 Å². The fourth-order valence-electron chi connectivity index (χ4n) is 1.98. The summed E-state index contributed by atoms with van der Waals surface area (Å²) in [6.45, 7) is 4.19. The molecule has 0 spiro atoms. The van der Waals surface area contributed by atoms with E-state index in [-0.39, 0.29) is 12.5 Å². The molecule has 2 N–H and O–H groups in total. The number of aryl methyl sites for hydroxylation is 1. The van der Waals surface area contributed by atoms with Gasteiger partial charge < -0.3 is 10.4 Å². The summed E-state index contributed by atoms with van der Waals surface area (Å²) >= 11 is 0. The number of carbonyl (C=O) groups excluding carboxylic acids is 1. The number of nitrogens with one attached hydrogen (secondary N) is 1. The van der Waals surface area contributed by atoms with Crippen molar-refractivity contribution in [1.82, 2.24) is 5.32 Å². The van der Waals surface area contributed by atoms with Gasteiger partial charge in [-0.25, -0.2) is 0 Å². The van der Waals surface area contributed by atoms with Crippen molar-refractivity contribution < 1.29 is 14.7 Å². The lowest BCUT2D eigenvalue weighted by Gasteiger charge is -2.10. The normalized spacial score (nSPS) is 12.3. The lowest BCUT2D eigenvalue weighted by molar-refractivity contribution is -0.141. The number of benzene rings is 1. The van der Waals surface area contributed by atoms with Gasteiger partial charge >= 0.3 is 5.97 Å². The molecule has 0 bridgehead atoms. The highest BCUT2D eigenvalue weighted by Crippen LogP contribution is 2.07. The van der Waals surface area contributed by atoms with Gasteiger partial charge in [-0.3, -0.25) is 9.59 Å². The number of amides is 1. The van der Waals surface area contributed by atoms with Crippen molar-refractivity contribution in [3.8, 4) is 0 Å². The van der Waals surface area contributed by atoms with Crippen LogP contribution in [0.3, 0.4) is 0 Å². The van der Waals surface area contributed by atoms with Gasteiger partial charge in [0.2, 0.25) is 5.91 Å². The van der Waals surface area contributed by atoms with Gasteiger partial charge in [-0.2, -0.15) is 0 Å². The van der Waals surface area contributed by atoms with Crippen LogP contribution >= 0.6 is 0 Å². The SMILES string of the molecule is CCCC(CNC(=O)C=Cc1ccc(CC)cc1)C(=O)O. The van der Waals surface area contributed by atoms with E-state index in [0.717, 1.165) is 18.4 Å². The van der Waals surface area contributed by atoms with Gasteiger partial charge in [0.15, 0.2) is 0 Å². The number of hydrogen-bond acceptors (Lipinski definition) is 2. The lowest BCUT2D eigenvalue weighted by Crippen LogP contribution is -2.31. The van der Waals surface area contributed by atoms with Crippen molar-refractivity contribution >= 4 is 18.0 Å². The Kier molecular flexibility index (Phi) is 7.23. The molecule has 4 nitrogen and oxygen atoms in total. The summed E-state index contributed by atoms with van der Waals surface area (Å²) < 4.78 is 0. The monoisotopic (exact) mass is 289 g/mol. The highest BCUT2D eigenvalue weighted by Gasteiger charge is 2.16. The van der Waals surface area contributed by atoms with Crippen LogP contribution in [-0.2, 0) is 16.0 Å². The number of carboxylic acids is 1. The number of carboxylic acid groups (broad SMARTS) is 1. The molecule has 21 heavy (non-hydrogen) atoms. The van der Waals surface area contributed by atoms with Crippen molar-refractivity contribution in [2.45, 2.75) is 33.1 Å². The molecule has 1 atom stereocenters. The zero-order chi connectivity index (χ0) is 15.7. The van der Waals surface area contributed by atoms with Gasteiger partial charge in [0.05, 0.1) is 5.92 Å². The third-order valence-corrected chi connectivity index (χ3v) is 3.32. The van der Waals surface area contributed by atoms with E-state index >= 15 is 0 Å². The molecule has 0 aliphatic carbocycles. The fourth-order valence-corrected chi connectivity index (χ4v) is 1.98. The Morgan fingerprint density at radius 1 is 1.24 bits per heavy atom. The first-order valence-corrected chi connectivity index (χ1v) is 7.34. The molecule has 0 aliphatic rings. The highest BCUT2D eigenvalue weighted by atomic mass is 16.4. The van der Waals surface area contributed by atoms with E-state index in [4.69, 9.17) is 5.11 Å². The second kappa shape index (κ2) is 8.95. The summed E-state index contributed by atoms with van der Waals surface area (Å²) in [6, 6.07) is 7.97. The van der Waals surface area contributed by atoms with E-state index in [9.17, 15) is 9.59 Å². The molecular weight excluding hydrogens is 266 g/mol. The molecule has 4 heteroatoms. The van der Waals surface area contributed by atoms with Crippen LogP contribution in [0, 0.1) is 5.92 Å². The molecule has 1 rings (SSSR count). The molecule has 1 unspecified atom stereocenters. The van der Waals surface area contributed by atoms with Crippen molar-refractivity contribution in [2.24, 2.45) is 5.92 Å². The first-order chi connectivity index (χ1) is 10.1. The quantitative estimate of drug-likeness (QED) is 0.723. The molecule has 0 radical (unpaired) electrons. The van der Waals surface area contributed by atoms with Crippen LogP contribution in [0.4, 0.5) is 0 Å². The topological polar surface area (TPSA) is 66.4 Å². The van der Waals surface area contributed by atoms with E-state index in [1.54, 1.807) is 6.08 Å². The lowest BCUT2D eigenvalue weighted by atomic mass is 10.0. The number of rotatable bonds is 8. The second-order valence-corrected chi connectivity index (χ2v) is 5.00. The van der Waals surface area contributed by atoms with Crippen molar-refractivity contribution in [1.29, 1.82) is 0 Å². The molecular formula is C17H23NO3. The maximum atomic E-state index is 11.7. The smallest absolute Gasteiger partial charge is 0.308 e. The van der Waals surface area contributed by atoms with E-state index < -0.39 is 11.9 Å². The predicted molar refractivity (Wildman–Crippen MR) is 83.9 cm³/mol. The molecule has 114 valence electrons. The summed E-state index contributed by atoms with van der Waals surface area (Å²) in [6.07, 6.45) is 5.50. The zero-order valence-corrected chi connectivity index (χ0v) is 12.6. The Morgan fingerprint density at radius 2 is 1.90 bits per heavy atom. The van der Waals surface area contributed by atoms with Crippen molar-refractivity contribution in [3.63, 3.8) is 0 Å². The maximum absolute atomic E-state index is 11.7. The Bertz CT molecular complexity index is 491.